The standard InChI is InChI=1S/C19H20N4O5S2/c20-16(21)11(7-24)8-29-12-9-30-18-14(17(26)23(18)15(12)19(27)28)22-13(25)6-10-4-2-1-3-5-10/h1-5,8,14,18,24H,6-7,9H2,(H3,20,21)(H,22,25)(H,27,28)/b11-8-/t14?,18-/m1/s1. The second-order valence-electron chi connectivity index (χ2n) is 6.53. The van der Waals surface area contributed by atoms with Crippen LogP contribution in [0, 0.1) is 5.41 Å². The highest BCUT2D eigenvalue weighted by Crippen LogP contribution is 2.43. The van der Waals surface area contributed by atoms with Crippen LogP contribution in [0.1, 0.15) is 5.56 Å². The van der Waals surface area contributed by atoms with Gasteiger partial charge < -0.3 is 21.3 Å². The predicted molar refractivity (Wildman–Crippen MR) is 115 cm³/mol. The number of hydrogen-bond donors (Lipinski definition) is 5. The number of nitrogens with two attached hydrogens (primary N) is 1. The van der Waals surface area contributed by atoms with Gasteiger partial charge in [0.05, 0.1) is 13.0 Å². The van der Waals surface area contributed by atoms with Crippen molar-refractivity contribution >= 4 is 47.1 Å². The van der Waals surface area contributed by atoms with Crippen LogP contribution < -0.4 is 11.1 Å². The van der Waals surface area contributed by atoms with Crippen LogP contribution in [-0.2, 0) is 20.8 Å². The molecule has 0 spiro atoms. The van der Waals surface area contributed by atoms with Gasteiger partial charge >= 0.3 is 5.97 Å². The first-order chi connectivity index (χ1) is 14.3. The number of rotatable bonds is 8. The number of carbonyl (C=O) groups excluding carboxylic acids is 2. The molecule has 6 N–H and O–H groups in total. The molecule has 1 fully saturated rings. The third kappa shape index (κ3) is 4.53. The van der Waals surface area contributed by atoms with Crippen LogP contribution in [0.15, 0.2) is 51.9 Å². The molecule has 0 aromatic heterocycles. The van der Waals surface area contributed by atoms with Crippen molar-refractivity contribution < 1.29 is 24.6 Å². The highest BCUT2D eigenvalue weighted by atomic mass is 32.2. The average Bonchev–Trinajstić information content (AvgIpc) is 2.72. The number of carboxylic acid groups (broad SMARTS) is 1. The minimum atomic E-state index is -1.26. The molecule has 0 aliphatic carbocycles. The molecule has 30 heavy (non-hydrogen) atoms. The second-order valence-corrected chi connectivity index (χ2v) is 8.60. The van der Waals surface area contributed by atoms with E-state index in [4.69, 9.17) is 11.1 Å². The molecule has 1 aromatic carbocycles. The number of amides is 2. The number of hydrogen-bond acceptors (Lipinski definition) is 7. The molecular formula is C19H20N4O5S2. The summed E-state index contributed by atoms with van der Waals surface area (Å²) < 4.78 is 0. The van der Waals surface area contributed by atoms with Crippen molar-refractivity contribution in [2.45, 2.75) is 17.8 Å². The first-order valence-corrected chi connectivity index (χ1v) is 10.8. The molecule has 2 aliphatic heterocycles. The normalized spacial score (nSPS) is 21.0. The quantitative estimate of drug-likeness (QED) is 0.218. The Kier molecular flexibility index (Phi) is 6.85. The summed E-state index contributed by atoms with van der Waals surface area (Å²) in [5.74, 6) is -2.06. The van der Waals surface area contributed by atoms with E-state index >= 15 is 0 Å². The minimum absolute atomic E-state index is 0.129. The predicted octanol–water partition coefficient (Wildman–Crippen LogP) is 0.471. The Morgan fingerprint density at radius 1 is 1.37 bits per heavy atom. The number of nitrogens with zero attached hydrogens (tertiary/aromatic N) is 1. The molecule has 0 bridgehead atoms. The van der Waals surface area contributed by atoms with E-state index < -0.39 is 29.9 Å². The zero-order valence-electron chi connectivity index (χ0n) is 15.7. The Bertz CT molecular complexity index is 948. The molecule has 1 aromatic rings. The van der Waals surface area contributed by atoms with Crippen molar-refractivity contribution in [2.75, 3.05) is 12.4 Å². The van der Waals surface area contributed by atoms with Crippen molar-refractivity contribution in [3.63, 3.8) is 0 Å². The SMILES string of the molecule is N=C(N)/C(=C\SC1=C(C(=O)O)N2C(=O)C(NC(=O)Cc3ccccc3)[C@H]2SC1)CO. The van der Waals surface area contributed by atoms with E-state index in [9.17, 15) is 24.6 Å². The van der Waals surface area contributed by atoms with Gasteiger partial charge in [-0.3, -0.25) is 19.9 Å². The lowest BCUT2D eigenvalue weighted by molar-refractivity contribution is -0.150. The van der Waals surface area contributed by atoms with E-state index in [1.54, 1.807) is 0 Å². The Morgan fingerprint density at radius 3 is 2.67 bits per heavy atom. The first kappa shape index (κ1) is 21.9. The van der Waals surface area contributed by atoms with Crippen LogP contribution >= 0.6 is 23.5 Å². The van der Waals surface area contributed by atoms with E-state index in [0.29, 0.717) is 10.7 Å². The summed E-state index contributed by atoms with van der Waals surface area (Å²) in [6.07, 6.45) is 0.129. The van der Waals surface area contributed by atoms with E-state index in [0.717, 1.165) is 17.3 Å². The summed E-state index contributed by atoms with van der Waals surface area (Å²) >= 11 is 2.35. The van der Waals surface area contributed by atoms with Gasteiger partial charge in [0.2, 0.25) is 5.91 Å². The largest absolute Gasteiger partial charge is 0.477 e. The van der Waals surface area contributed by atoms with Crippen LogP contribution in [0.4, 0.5) is 0 Å². The highest BCUT2D eigenvalue weighted by molar-refractivity contribution is 8.08. The maximum absolute atomic E-state index is 12.6. The lowest BCUT2D eigenvalue weighted by Gasteiger charge is -2.49. The number of fused-ring (bicyclic) bond motifs is 1. The lowest BCUT2D eigenvalue weighted by atomic mass is 10.0. The van der Waals surface area contributed by atoms with Crippen LogP contribution in [0.5, 0.6) is 0 Å². The Balaban J connectivity index is 1.72. The summed E-state index contributed by atoms with van der Waals surface area (Å²) in [5, 5.41) is 29.9. The fraction of sp³-hybridized carbons (Fsp3) is 0.263. The second kappa shape index (κ2) is 9.37. The van der Waals surface area contributed by atoms with Crippen molar-refractivity contribution in [3.8, 4) is 0 Å². The molecule has 158 valence electrons. The fourth-order valence-electron chi connectivity index (χ4n) is 3.02. The van der Waals surface area contributed by atoms with Gasteiger partial charge in [-0.25, -0.2) is 4.79 Å². The van der Waals surface area contributed by atoms with Gasteiger partial charge in [-0.2, -0.15) is 0 Å². The molecule has 1 saturated heterocycles. The Morgan fingerprint density at radius 2 is 2.07 bits per heavy atom. The molecule has 11 heteroatoms. The summed E-state index contributed by atoms with van der Waals surface area (Å²) in [4.78, 5) is 38.3. The zero-order valence-corrected chi connectivity index (χ0v) is 17.3. The maximum atomic E-state index is 12.6. The maximum Gasteiger partial charge on any atom is 0.353 e. The number of nitrogens with one attached hydrogen (secondary N) is 2. The molecule has 3 rings (SSSR count). The van der Waals surface area contributed by atoms with Gasteiger partial charge in [-0.05, 0) is 11.0 Å². The number of aliphatic carboxylic acids is 1. The molecule has 2 amide bonds. The number of carbonyl (C=O) groups is 3. The van der Waals surface area contributed by atoms with Crippen molar-refractivity contribution in [1.29, 1.82) is 5.41 Å². The van der Waals surface area contributed by atoms with Gasteiger partial charge in [-0.15, -0.1) is 11.8 Å². The molecule has 2 heterocycles. The van der Waals surface area contributed by atoms with Gasteiger partial charge in [0.1, 0.15) is 22.9 Å². The van der Waals surface area contributed by atoms with Gasteiger partial charge in [0.25, 0.3) is 5.91 Å². The summed E-state index contributed by atoms with van der Waals surface area (Å²) in [6.45, 7) is -0.452. The molecule has 2 aliphatic rings. The molecular weight excluding hydrogens is 428 g/mol. The van der Waals surface area contributed by atoms with E-state index in [1.807, 2.05) is 30.3 Å². The van der Waals surface area contributed by atoms with Crippen LogP contribution in [0.3, 0.4) is 0 Å². The van der Waals surface area contributed by atoms with Crippen molar-refractivity contribution in [3.05, 3.63) is 57.5 Å². The minimum Gasteiger partial charge on any atom is -0.477 e. The zero-order chi connectivity index (χ0) is 21.8. The van der Waals surface area contributed by atoms with Gasteiger partial charge in [0, 0.05) is 16.2 Å². The van der Waals surface area contributed by atoms with Crippen LogP contribution in [-0.4, -0.2) is 62.5 Å². The number of thioether (sulfide) groups is 2. The molecule has 1 unspecified atom stereocenters. The molecule has 2 atom stereocenters. The van der Waals surface area contributed by atoms with Crippen molar-refractivity contribution in [1.82, 2.24) is 10.2 Å². The monoisotopic (exact) mass is 448 g/mol. The summed E-state index contributed by atoms with van der Waals surface area (Å²) in [5.41, 5.74) is 6.18. The van der Waals surface area contributed by atoms with Crippen LogP contribution in [0.2, 0.25) is 0 Å². The number of aliphatic hydroxyl groups excluding tert-OH is 1. The van der Waals surface area contributed by atoms with E-state index in [-0.39, 0.29) is 29.4 Å². The topological polar surface area (TPSA) is 157 Å². The fourth-order valence-corrected chi connectivity index (χ4v) is 5.47. The first-order valence-electron chi connectivity index (χ1n) is 8.88. The highest BCUT2D eigenvalue weighted by Gasteiger charge is 2.54. The lowest BCUT2D eigenvalue weighted by Crippen LogP contribution is -2.70. The Labute approximate surface area is 180 Å². The third-order valence-electron chi connectivity index (χ3n) is 4.52. The van der Waals surface area contributed by atoms with Crippen LogP contribution in [0.25, 0.3) is 0 Å². The van der Waals surface area contributed by atoms with Gasteiger partial charge in [-0.1, -0.05) is 42.1 Å². The number of benzene rings is 1. The van der Waals surface area contributed by atoms with E-state index in [2.05, 4.69) is 5.32 Å². The molecule has 0 radical (unpaired) electrons. The molecule has 9 nitrogen and oxygen atoms in total. The Hall–Kier alpha value is -2.76. The smallest absolute Gasteiger partial charge is 0.353 e. The van der Waals surface area contributed by atoms with Crippen molar-refractivity contribution in [2.24, 2.45) is 5.73 Å². The summed E-state index contributed by atoms with van der Waals surface area (Å²) in [6, 6.07) is 8.33. The number of amidine groups is 1. The van der Waals surface area contributed by atoms with Gasteiger partial charge in [0.15, 0.2) is 0 Å². The van der Waals surface area contributed by atoms with E-state index in [1.165, 1.54) is 22.1 Å². The number of β-lactam (4-membered cyclic amide) rings is 1. The average molecular weight is 449 g/mol. The third-order valence-corrected chi connectivity index (χ3v) is 7.01. The number of carboxylic acids is 1. The molecule has 0 saturated carbocycles. The summed E-state index contributed by atoms with van der Waals surface area (Å²) in [7, 11) is 0. The number of aliphatic hydroxyl groups is 1.